The Morgan fingerprint density at radius 3 is 2.94 bits per heavy atom. The average Bonchev–Trinajstić information content (AvgIpc) is 2.79. The fourth-order valence-electron chi connectivity index (χ4n) is 2.01. The van der Waals surface area contributed by atoms with Gasteiger partial charge < -0.3 is 10.2 Å². The Bertz CT molecular complexity index is 596. The molecule has 2 aromatic rings. The highest BCUT2D eigenvalue weighted by Crippen LogP contribution is 2.32. The zero-order chi connectivity index (χ0) is 12.5. The van der Waals surface area contributed by atoms with Crippen molar-refractivity contribution in [2.45, 2.75) is 6.54 Å². The first-order valence-corrected chi connectivity index (χ1v) is 7.28. The number of fused-ring (bicyclic) bond motifs is 1. The number of nitrogens with one attached hydrogen (secondary N) is 1. The van der Waals surface area contributed by atoms with Gasteiger partial charge in [-0.25, -0.2) is 0 Å². The van der Waals surface area contributed by atoms with E-state index >= 15 is 0 Å². The molecule has 3 rings (SSSR count). The molecule has 1 aliphatic heterocycles. The van der Waals surface area contributed by atoms with E-state index in [1.807, 2.05) is 40.6 Å². The number of halogens is 1. The van der Waals surface area contributed by atoms with E-state index in [4.69, 9.17) is 0 Å². The van der Waals surface area contributed by atoms with Gasteiger partial charge in [0, 0.05) is 9.35 Å². The maximum absolute atomic E-state index is 12.0. The third-order valence-corrected chi connectivity index (χ3v) is 4.83. The van der Waals surface area contributed by atoms with Crippen LogP contribution in [0.5, 0.6) is 0 Å². The lowest BCUT2D eigenvalue weighted by Gasteiger charge is -2.29. The lowest BCUT2D eigenvalue weighted by atomic mass is 10.2. The Balaban J connectivity index is 1.96. The molecule has 0 fully saturated rings. The number of hydrogen-bond donors (Lipinski definition) is 1. The number of benzene rings is 1. The number of nitrogens with zero attached hydrogens (tertiary/aromatic N) is 1. The molecular formula is C13H11BrN2OS. The van der Waals surface area contributed by atoms with E-state index in [0.717, 1.165) is 15.8 Å². The summed E-state index contributed by atoms with van der Waals surface area (Å²) in [6, 6.07) is 9.91. The maximum Gasteiger partial charge on any atom is 0.246 e. The molecule has 2 heterocycles. The van der Waals surface area contributed by atoms with Crippen molar-refractivity contribution < 1.29 is 4.79 Å². The number of hydrogen-bond acceptors (Lipinski definition) is 3. The van der Waals surface area contributed by atoms with Crippen LogP contribution in [0.25, 0.3) is 0 Å². The van der Waals surface area contributed by atoms with Crippen LogP contribution >= 0.6 is 27.3 Å². The molecule has 0 saturated carbocycles. The van der Waals surface area contributed by atoms with Gasteiger partial charge in [-0.2, -0.15) is 0 Å². The lowest BCUT2D eigenvalue weighted by Crippen LogP contribution is -2.39. The van der Waals surface area contributed by atoms with Crippen molar-refractivity contribution in [3.63, 3.8) is 0 Å². The normalized spacial score (nSPS) is 14.3. The zero-order valence-electron chi connectivity index (χ0n) is 9.52. The molecule has 18 heavy (non-hydrogen) atoms. The van der Waals surface area contributed by atoms with E-state index in [2.05, 4.69) is 21.2 Å². The van der Waals surface area contributed by atoms with E-state index in [-0.39, 0.29) is 5.91 Å². The summed E-state index contributed by atoms with van der Waals surface area (Å²) >= 11 is 5.17. The molecule has 1 aromatic heterocycles. The quantitative estimate of drug-likeness (QED) is 0.918. The molecule has 0 radical (unpaired) electrons. The van der Waals surface area contributed by atoms with Crippen LogP contribution < -0.4 is 10.2 Å². The molecule has 1 aliphatic rings. The van der Waals surface area contributed by atoms with Crippen molar-refractivity contribution in [3.05, 3.63) is 45.1 Å². The number of carbonyl (C=O) groups is 1. The largest absolute Gasteiger partial charge is 0.374 e. The predicted molar refractivity (Wildman–Crippen MR) is 78.1 cm³/mol. The maximum atomic E-state index is 12.0. The van der Waals surface area contributed by atoms with Gasteiger partial charge in [0.1, 0.15) is 0 Å². The van der Waals surface area contributed by atoms with Crippen molar-refractivity contribution in [1.82, 2.24) is 0 Å². The molecular weight excluding hydrogens is 312 g/mol. The highest BCUT2D eigenvalue weighted by Gasteiger charge is 2.24. The first-order valence-electron chi connectivity index (χ1n) is 5.61. The SMILES string of the molecule is O=C1CNc2ccccc2N1Cc1sccc1Br. The summed E-state index contributed by atoms with van der Waals surface area (Å²) < 4.78 is 1.07. The van der Waals surface area contributed by atoms with Crippen molar-refractivity contribution in [2.24, 2.45) is 0 Å². The van der Waals surface area contributed by atoms with Crippen LogP contribution in [0, 0.1) is 0 Å². The Labute approximate surface area is 118 Å². The molecule has 0 bridgehead atoms. The van der Waals surface area contributed by atoms with Crippen molar-refractivity contribution >= 4 is 44.5 Å². The van der Waals surface area contributed by atoms with Gasteiger partial charge in [0.2, 0.25) is 5.91 Å². The third-order valence-electron chi connectivity index (χ3n) is 2.92. The number of carbonyl (C=O) groups excluding carboxylic acids is 1. The van der Waals surface area contributed by atoms with E-state index < -0.39 is 0 Å². The summed E-state index contributed by atoms with van der Waals surface area (Å²) in [6.45, 7) is 0.982. The van der Waals surface area contributed by atoms with Crippen LogP contribution in [0.3, 0.4) is 0 Å². The van der Waals surface area contributed by atoms with Gasteiger partial charge in [-0.1, -0.05) is 12.1 Å². The molecule has 1 aromatic carbocycles. The number of thiophene rings is 1. The van der Waals surface area contributed by atoms with Crippen LogP contribution in [-0.4, -0.2) is 12.5 Å². The van der Waals surface area contributed by atoms with Gasteiger partial charge in [-0.3, -0.25) is 4.79 Å². The Kier molecular flexibility index (Phi) is 3.09. The molecule has 1 N–H and O–H groups in total. The molecule has 0 saturated heterocycles. The molecule has 0 unspecified atom stereocenters. The van der Waals surface area contributed by atoms with Crippen LogP contribution in [0.15, 0.2) is 40.2 Å². The van der Waals surface area contributed by atoms with Crippen LogP contribution in [-0.2, 0) is 11.3 Å². The molecule has 0 aliphatic carbocycles. The summed E-state index contributed by atoms with van der Waals surface area (Å²) in [5, 5.41) is 5.16. The monoisotopic (exact) mass is 322 g/mol. The smallest absolute Gasteiger partial charge is 0.246 e. The minimum Gasteiger partial charge on any atom is -0.374 e. The summed E-state index contributed by atoms with van der Waals surface area (Å²) in [4.78, 5) is 15.0. The van der Waals surface area contributed by atoms with Crippen molar-refractivity contribution in [2.75, 3.05) is 16.8 Å². The summed E-state index contributed by atoms with van der Waals surface area (Å²) in [7, 11) is 0. The summed E-state index contributed by atoms with van der Waals surface area (Å²) in [5.41, 5.74) is 1.97. The average molecular weight is 323 g/mol. The Morgan fingerprint density at radius 2 is 2.17 bits per heavy atom. The van der Waals surface area contributed by atoms with E-state index in [9.17, 15) is 4.79 Å². The fourth-order valence-corrected chi connectivity index (χ4v) is 3.48. The van der Waals surface area contributed by atoms with Gasteiger partial charge in [0.25, 0.3) is 0 Å². The first kappa shape index (κ1) is 11.7. The summed E-state index contributed by atoms with van der Waals surface area (Å²) in [5.74, 6) is 0.106. The Morgan fingerprint density at radius 1 is 1.33 bits per heavy atom. The molecule has 0 atom stereocenters. The molecule has 3 nitrogen and oxygen atoms in total. The second kappa shape index (κ2) is 4.74. The number of para-hydroxylation sites is 2. The number of rotatable bonds is 2. The van der Waals surface area contributed by atoms with Crippen LogP contribution in [0.1, 0.15) is 4.88 Å². The fraction of sp³-hybridized carbons (Fsp3) is 0.154. The summed E-state index contributed by atoms with van der Waals surface area (Å²) in [6.07, 6.45) is 0. The standard InChI is InChI=1S/C13H11BrN2OS/c14-9-5-6-18-12(9)8-16-11-4-2-1-3-10(11)15-7-13(16)17/h1-6,15H,7-8H2. The lowest BCUT2D eigenvalue weighted by molar-refractivity contribution is -0.117. The minimum atomic E-state index is 0.106. The molecule has 0 spiro atoms. The third kappa shape index (κ3) is 2.04. The van der Waals surface area contributed by atoms with Gasteiger partial charge in [0.05, 0.1) is 24.5 Å². The van der Waals surface area contributed by atoms with E-state index in [1.54, 1.807) is 11.3 Å². The highest BCUT2D eigenvalue weighted by atomic mass is 79.9. The number of amides is 1. The second-order valence-electron chi connectivity index (χ2n) is 4.04. The van der Waals surface area contributed by atoms with E-state index in [1.165, 1.54) is 4.88 Å². The zero-order valence-corrected chi connectivity index (χ0v) is 11.9. The van der Waals surface area contributed by atoms with Gasteiger partial charge in [-0.05, 0) is 39.5 Å². The minimum absolute atomic E-state index is 0.106. The topological polar surface area (TPSA) is 32.3 Å². The first-order chi connectivity index (χ1) is 8.75. The van der Waals surface area contributed by atoms with Gasteiger partial charge in [0.15, 0.2) is 0 Å². The molecule has 5 heteroatoms. The molecule has 92 valence electrons. The van der Waals surface area contributed by atoms with Crippen LogP contribution in [0.2, 0.25) is 0 Å². The van der Waals surface area contributed by atoms with Gasteiger partial charge >= 0.3 is 0 Å². The Hall–Kier alpha value is -1.33. The van der Waals surface area contributed by atoms with Crippen molar-refractivity contribution in [3.8, 4) is 0 Å². The van der Waals surface area contributed by atoms with Crippen molar-refractivity contribution in [1.29, 1.82) is 0 Å². The molecule has 1 amide bonds. The van der Waals surface area contributed by atoms with Crippen LogP contribution in [0.4, 0.5) is 11.4 Å². The predicted octanol–water partition coefficient (Wildman–Crippen LogP) is 3.47. The highest BCUT2D eigenvalue weighted by molar-refractivity contribution is 9.10. The van der Waals surface area contributed by atoms with Gasteiger partial charge in [-0.15, -0.1) is 11.3 Å². The van der Waals surface area contributed by atoms with E-state index in [0.29, 0.717) is 13.1 Å². The number of anilines is 2. The second-order valence-corrected chi connectivity index (χ2v) is 5.90.